The Labute approximate surface area is 213 Å². The third-order valence-corrected chi connectivity index (χ3v) is 6.82. The number of benzene rings is 2. The van der Waals surface area contributed by atoms with Gasteiger partial charge in [-0.2, -0.15) is 0 Å². The molecular weight excluding hydrogens is 457 g/mol. The molecule has 4 rings (SSSR count). The van der Waals surface area contributed by atoms with Crippen LogP contribution in [0.25, 0.3) is 0 Å². The highest BCUT2D eigenvalue weighted by molar-refractivity contribution is 5.79. The van der Waals surface area contributed by atoms with Crippen molar-refractivity contribution in [1.82, 2.24) is 15.1 Å². The first-order valence-corrected chi connectivity index (χ1v) is 12.8. The van der Waals surface area contributed by atoms with Crippen LogP contribution in [-0.2, 0) is 22.7 Å². The van der Waals surface area contributed by atoms with Gasteiger partial charge in [0.1, 0.15) is 18.2 Å². The van der Waals surface area contributed by atoms with E-state index < -0.39 is 0 Å². The molecule has 2 aliphatic heterocycles. The molecule has 2 bridgehead atoms. The van der Waals surface area contributed by atoms with Gasteiger partial charge in [-0.05, 0) is 55.9 Å². The molecule has 2 atom stereocenters. The average molecular weight is 494 g/mol. The standard InChI is InChI=1S/C29H36FN3O3/c1-21(2)31-28(34)16-23-13-14-33-19-24(23)7-5-15-36-27-8-4-3-6-25(27)18-32(20-29(33)35)17-22-9-11-26(30)12-10-22/h3-12,21,23-24H,13-20H2,1-2H3,(H,31,34)/b7-5+/t23-,24-/m0/s1. The fraction of sp³-hybridized carbons (Fsp3) is 0.448. The second-order valence-corrected chi connectivity index (χ2v) is 10.1. The summed E-state index contributed by atoms with van der Waals surface area (Å²) in [5.74, 6) is 0.901. The van der Waals surface area contributed by atoms with Crippen LogP contribution in [0.3, 0.4) is 0 Å². The van der Waals surface area contributed by atoms with Crippen molar-refractivity contribution in [2.45, 2.75) is 45.8 Å². The fourth-order valence-electron chi connectivity index (χ4n) is 5.04. The fourth-order valence-corrected chi connectivity index (χ4v) is 5.04. The van der Waals surface area contributed by atoms with Crippen LogP contribution in [0, 0.1) is 17.7 Å². The van der Waals surface area contributed by atoms with Crippen molar-refractivity contribution in [3.63, 3.8) is 0 Å². The highest BCUT2D eigenvalue weighted by atomic mass is 19.1. The van der Waals surface area contributed by atoms with Gasteiger partial charge in [-0.1, -0.05) is 42.5 Å². The Balaban J connectivity index is 1.56. The predicted molar refractivity (Wildman–Crippen MR) is 138 cm³/mol. The van der Waals surface area contributed by atoms with E-state index in [9.17, 15) is 14.0 Å². The molecule has 0 spiro atoms. The number of fused-ring (bicyclic) bond motifs is 3. The third-order valence-electron chi connectivity index (χ3n) is 6.82. The molecule has 1 N–H and O–H groups in total. The van der Waals surface area contributed by atoms with Gasteiger partial charge in [-0.25, -0.2) is 4.39 Å². The number of hydrogen-bond acceptors (Lipinski definition) is 4. The van der Waals surface area contributed by atoms with Crippen LogP contribution >= 0.6 is 0 Å². The van der Waals surface area contributed by atoms with Gasteiger partial charge in [-0.3, -0.25) is 14.5 Å². The van der Waals surface area contributed by atoms with Crippen LogP contribution in [-0.4, -0.2) is 53.9 Å². The first-order valence-electron chi connectivity index (χ1n) is 12.8. The van der Waals surface area contributed by atoms with E-state index in [0.29, 0.717) is 39.2 Å². The van der Waals surface area contributed by atoms with Crippen molar-refractivity contribution in [1.29, 1.82) is 0 Å². The Kier molecular flexibility index (Phi) is 8.75. The molecule has 6 nitrogen and oxygen atoms in total. The maximum Gasteiger partial charge on any atom is 0.236 e. The summed E-state index contributed by atoms with van der Waals surface area (Å²) < 4.78 is 19.6. The van der Waals surface area contributed by atoms with Gasteiger partial charge >= 0.3 is 0 Å². The molecule has 2 aliphatic rings. The summed E-state index contributed by atoms with van der Waals surface area (Å²) in [6.45, 7) is 6.89. The number of piperidine rings is 1. The molecule has 0 aliphatic carbocycles. The lowest BCUT2D eigenvalue weighted by Crippen LogP contribution is -2.48. The Morgan fingerprint density at radius 3 is 2.69 bits per heavy atom. The molecule has 2 heterocycles. The highest BCUT2D eigenvalue weighted by Gasteiger charge is 2.32. The second kappa shape index (κ2) is 12.2. The van der Waals surface area contributed by atoms with Gasteiger partial charge in [0.25, 0.3) is 0 Å². The van der Waals surface area contributed by atoms with E-state index in [4.69, 9.17) is 4.74 Å². The van der Waals surface area contributed by atoms with Crippen LogP contribution in [0.2, 0.25) is 0 Å². The normalized spacial score (nSPS) is 22.0. The minimum absolute atomic E-state index is 0.0572. The zero-order valence-corrected chi connectivity index (χ0v) is 21.2. The Bertz CT molecular complexity index is 1070. The zero-order valence-electron chi connectivity index (χ0n) is 21.2. The predicted octanol–water partition coefficient (Wildman–Crippen LogP) is 4.16. The smallest absolute Gasteiger partial charge is 0.236 e. The van der Waals surface area contributed by atoms with Crippen LogP contribution in [0.4, 0.5) is 4.39 Å². The lowest BCUT2D eigenvalue weighted by atomic mass is 9.82. The Morgan fingerprint density at radius 1 is 1.14 bits per heavy atom. The van der Waals surface area contributed by atoms with E-state index in [1.165, 1.54) is 12.1 Å². The molecule has 1 saturated heterocycles. The van der Waals surface area contributed by atoms with E-state index in [1.807, 2.05) is 49.1 Å². The second-order valence-electron chi connectivity index (χ2n) is 10.1. The minimum atomic E-state index is -0.276. The summed E-state index contributed by atoms with van der Waals surface area (Å²) in [4.78, 5) is 29.9. The lowest BCUT2D eigenvalue weighted by molar-refractivity contribution is -0.135. The lowest BCUT2D eigenvalue weighted by Gasteiger charge is -2.38. The maximum absolute atomic E-state index is 13.5. The summed E-state index contributed by atoms with van der Waals surface area (Å²) in [5, 5.41) is 2.99. The van der Waals surface area contributed by atoms with E-state index >= 15 is 0 Å². The largest absolute Gasteiger partial charge is 0.489 e. The van der Waals surface area contributed by atoms with Gasteiger partial charge < -0.3 is 15.0 Å². The van der Waals surface area contributed by atoms with E-state index in [1.54, 1.807) is 12.1 Å². The van der Waals surface area contributed by atoms with Gasteiger partial charge in [0, 0.05) is 44.2 Å². The number of amides is 2. The van der Waals surface area contributed by atoms with Gasteiger partial charge in [-0.15, -0.1) is 0 Å². The molecule has 0 unspecified atom stereocenters. The van der Waals surface area contributed by atoms with Crippen molar-refractivity contribution in [2.24, 2.45) is 11.8 Å². The molecule has 192 valence electrons. The number of ether oxygens (including phenoxy) is 1. The molecular formula is C29H36FN3O3. The topological polar surface area (TPSA) is 61.9 Å². The Morgan fingerprint density at radius 2 is 1.92 bits per heavy atom. The number of rotatable bonds is 5. The van der Waals surface area contributed by atoms with Crippen LogP contribution in [0.5, 0.6) is 5.75 Å². The maximum atomic E-state index is 13.5. The molecule has 0 saturated carbocycles. The van der Waals surface area contributed by atoms with Crippen molar-refractivity contribution < 1.29 is 18.7 Å². The van der Waals surface area contributed by atoms with E-state index in [0.717, 1.165) is 23.3 Å². The summed E-state index contributed by atoms with van der Waals surface area (Å²) in [5.41, 5.74) is 1.95. The van der Waals surface area contributed by atoms with Crippen LogP contribution in [0.1, 0.15) is 37.8 Å². The minimum Gasteiger partial charge on any atom is -0.489 e. The molecule has 2 amide bonds. The summed E-state index contributed by atoms with van der Waals surface area (Å²) in [6.07, 6.45) is 5.36. The third kappa shape index (κ3) is 7.17. The van der Waals surface area contributed by atoms with Crippen LogP contribution < -0.4 is 10.1 Å². The number of carbonyl (C=O) groups excluding carboxylic acids is 2. The number of nitrogens with zero attached hydrogens (tertiary/aromatic N) is 2. The molecule has 2 aromatic carbocycles. The van der Waals surface area contributed by atoms with Crippen molar-refractivity contribution in [3.05, 3.63) is 77.6 Å². The number of hydrogen-bond donors (Lipinski definition) is 1. The molecule has 0 radical (unpaired) electrons. The van der Waals surface area contributed by atoms with Crippen molar-refractivity contribution in [2.75, 3.05) is 26.2 Å². The average Bonchev–Trinajstić information content (AvgIpc) is 2.84. The molecule has 0 aromatic heterocycles. The van der Waals surface area contributed by atoms with E-state index in [-0.39, 0.29) is 42.1 Å². The summed E-state index contributed by atoms with van der Waals surface area (Å²) >= 11 is 0. The molecule has 7 heteroatoms. The van der Waals surface area contributed by atoms with Crippen molar-refractivity contribution >= 4 is 11.8 Å². The number of carbonyl (C=O) groups is 2. The molecule has 2 aromatic rings. The number of nitrogens with one attached hydrogen (secondary N) is 1. The zero-order chi connectivity index (χ0) is 25.5. The van der Waals surface area contributed by atoms with Crippen molar-refractivity contribution in [3.8, 4) is 5.75 Å². The van der Waals surface area contributed by atoms with Gasteiger partial charge in [0.2, 0.25) is 11.8 Å². The quantitative estimate of drug-likeness (QED) is 0.636. The SMILES string of the molecule is CC(C)NC(=O)C[C@@H]1CCN2C[C@@H]1/C=C/COc1ccccc1CN(Cc1ccc(F)cc1)CC2=O. The number of halogens is 1. The summed E-state index contributed by atoms with van der Waals surface area (Å²) in [6, 6.07) is 14.4. The van der Waals surface area contributed by atoms with E-state index in [2.05, 4.69) is 16.3 Å². The highest BCUT2D eigenvalue weighted by Crippen LogP contribution is 2.29. The monoisotopic (exact) mass is 493 g/mol. The molecule has 1 fully saturated rings. The summed E-state index contributed by atoms with van der Waals surface area (Å²) in [7, 11) is 0. The van der Waals surface area contributed by atoms with Crippen LogP contribution in [0.15, 0.2) is 60.7 Å². The van der Waals surface area contributed by atoms with Gasteiger partial charge in [0.05, 0.1) is 6.54 Å². The first-order chi connectivity index (χ1) is 17.4. The van der Waals surface area contributed by atoms with Gasteiger partial charge in [0.15, 0.2) is 0 Å². The Hall–Kier alpha value is -3.19. The first kappa shape index (κ1) is 25.9. The molecule has 36 heavy (non-hydrogen) atoms. The number of para-hydroxylation sites is 1.